The second kappa shape index (κ2) is 8.13. The SMILES string of the molecule is Cc1nc2cc(NC(=O)C(NS(=O)(=O)c3ccc4ccccc4c3)C(C)C)ccc2o1. The van der Waals surface area contributed by atoms with Gasteiger partial charge in [0.05, 0.1) is 4.90 Å². The zero-order valence-corrected chi connectivity index (χ0v) is 18.2. The van der Waals surface area contributed by atoms with Gasteiger partial charge in [-0.1, -0.05) is 44.2 Å². The molecule has 0 fully saturated rings. The van der Waals surface area contributed by atoms with Crippen LogP contribution in [0, 0.1) is 12.8 Å². The molecule has 0 bridgehead atoms. The van der Waals surface area contributed by atoms with E-state index in [-0.39, 0.29) is 10.8 Å². The summed E-state index contributed by atoms with van der Waals surface area (Å²) in [6.45, 7) is 5.32. The third kappa shape index (κ3) is 4.45. The molecule has 1 aromatic heterocycles. The van der Waals surface area contributed by atoms with E-state index in [9.17, 15) is 13.2 Å². The first kappa shape index (κ1) is 21.0. The minimum atomic E-state index is -3.90. The summed E-state index contributed by atoms with van der Waals surface area (Å²) in [6, 6.07) is 16.6. The van der Waals surface area contributed by atoms with Crippen LogP contribution in [-0.4, -0.2) is 25.4 Å². The number of carbonyl (C=O) groups excluding carboxylic acids is 1. The second-order valence-electron chi connectivity index (χ2n) is 7.76. The molecule has 7 nitrogen and oxygen atoms in total. The van der Waals surface area contributed by atoms with Gasteiger partial charge in [0.15, 0.2) is 11.5 Å². The van der Waals surface area contributed by atoms with Gasteiger partial charge in [0.2, 0.25) is 15.9 Å². The maximum absolute atomic E-state index is 13.0. The van der Waals surface area contributed by atoms with Crippen LogP contribution in [0.15, 0.2) is 70.0 Å². The first-order chi connectivity index (χ1) is 14.7. The fraction of sp³-hybridized carbons (Fsp3) is 0.217. The van der Waals surface area contributed by atoms with Gasteiger partial charge in [-0.3, -0.25) is 4.79 Å². The Hall–Kier alpha value is -3.23. The van der Waals surface area contributed by atoms with Crippen molar-refractivity contribution in [3.8, 4) is 0 Å². The lowest BCUT2D eigenvalue weighted by molar-refractivity contribution is -0.118. The third-order valence-corrected chi connectivity index (χ3v) is 6.46. The molecule has 1 atom stereocenters. The smallest absolute Gasteiger partial charge is 0.242 e. The molecule has 2 N–H and O–H groups in total. The van der Waals surface area contributed by atoms with Crippen molar-refractivity contribution in [2.75, 3.05) is 5.32 Å². The number of fused-ring (bicyclic) bond motifs is 2. The molecular weight excluding hydrogens is 414 g/mol. The van der Waals surface area contributed by atoms with E-state index in [1.807, 2.05) is 24.3 Å². The monoisotopic (exact) mass is 437 g/mol. The van der Waals surface area contributed by atoms with Crippen molar-refractivity contribution in [2.24, 2.45) is 5.92 Å². The first-order valence-electron chi connectivity index (χ1n) is 9.92. The van der Waals surface area contributed by atoms with Crippen molar-refractivity contribution in [3.63, 3.8) is 0 Å². The normalized spacial score (nSPS) is 13.0. The van der Waals surface area contributed by atoms with Gasteiger partial charge in [-0.05, 0) is 47.0 Å². The Morgan fingerprint density at radius 2 is 1.74 bits per heavy atom. The van der Waals surface area contributed by atoms with Crippen LogP contribution in [0.1, 0.15) is 19.7 Å². The summed E-state index contributed by atoms with van der Waals surface area (Å²) in [6.07, 6.45) is 0. The molecule has 1 heterocycles. The Labute approximate surface area is 180 Å². The van der Waals surface area contributed by atoms with Crippen LogP contribution in [0.3, 0.4) is 0 Å². The molecule has 0 saturated carbocycles. The Morgan fingerprint density at radius 3 is 2.48 bits per heavy atom. The minimum absolute atomic E-state index is 0.115. The predicted molar refractivity (Wildman–Crippen MR) is 120 cm³/mol. The zero-order valence-electron chi connectivity index (χ0n) is 17.4. The molecule has 1 unspecified atom stereocenters. The molecule has 31 heavy (non-hydrogen) atoms. The highest BCUT2D eigenvalue weighted by molar-refractivity contribution is 7.89. The van der Waals surface area contributed by atoms with Crippen LogP contribution in [0.4, 0.5) is 5.69 Å². The maximum Gasteiger partial charge on any atom is 0.242 e. The van der Waals surface area contributed by atoms with E-state index >= 15 is 0 Å². The molecule has 1 amide bonds. The van der Waals surface area contributed by atoms with E-state index < -0.39 is 22.0 Å². The number of nitrogens with zero attached hydrogens (tertiary/aromatic N) is 1. The second-order valence-corrected chi connectivity index (χ2v) is 9.47. The lowest BCUT2D eigenvalue weighted by atomic mass is 10.0. The van der Waals surface area contributed by atoms with E-state index in [0.717, 1.165) is 10.8 Å². The van der Waals surface area contributed by atoms with Gasteiger partial charge < -0.3 is 9.73 Å². The van der Waals surface area contributed by atoms with Gasteiger partial charge in [-0.15, -0.1) is 0 Å². The van der Waals surface area contributed by atoms with Gasteiger partial charge in [0, 0.05) is 12.6 Å². The van der Waals surface area contributed by atoms with Crippen molar-refractivity contribution in [3.05, 3.63) is 66.6 Å². The van der Waals surface area contributed by atoms with E-state index in [1.54, 1.807) is 57.2 Å². The standard InChI is InChI=1S/C23H23N3O4S/c1-14(2)22(23(27)25-18-9-11-21-20(13-18)24-15(3)30-21)26-31(28,29)19-10-8-16-6-4-5-7-17(16)12-19/h4-14,22,26H,1-3H3,(H,25,27). The fourth-order valence-electron chi connectivity index (χ4n) is 3.40. The van der Waals surface area contributed by atoms with Crippen LogP contribution in [-0.2, 0) is 14.8 Å². The van der Waals surface area contributed by atoms with Gasteiger partial charge >= 0.3 is 0 Å². The van der Waals surface area contributed by atoms with Crippen LogP contribution in [0.25, 0.3) is 21.9 Å². The van der Waals surface area contributed by atoms with Crippen LogP contribution in [0.2, 0.25) is 0 Å². The van der Waals surface area contributed by atoms with Crippen molar-refractivity contribution < 1.29 is 17.6 Å². The first-order valence-corrected chi connectivity index (χ1v) is 11.4. The van der Waals surface area contributed by atoms with Gasteiger partial charge in [0.25, 0.3) is 0 Å². The molecule has 3 aromatic carbocycles. The maximum atomic E-state index is 13.0. The number of nitrogens with one attached hydrogen (secondary N) is 2. The molecule has 0 aliphatic carbocycles. The topological polar surface area (TPSA) is 101 Å². The molecule has 4 aromatic rings. The molecule has 8 heteroatoms. The number of benzene rings is 3. The third-order valence-electron chi connectivity index (χ3n) is 5.02. The molecule has 0 aliphatic heterocycles. The number of aromatic nitrogens is 1. The summed E-state index contributed by atoms with van der Waals surface area (Å²) in [7, 11) is -3.90. The van der Waals surface area contributed by atoms with Gasteiger partial charge in [0.1, 0.15) is 11.6 Å². The number of aryl methyl sites for hydroxylation is 1. The number of hydrogen-bond donors (Lipinski definition) is 2. The summed E-state index contributed by atoms with van der Waals surface area (Å²) >= 11 is 0. The zero-order chi connectivity index (χ0) is 22.2. The Bertz CT molecular complexity index is 1380. The van der Waals surface area contributed by atoms with Crippen LogP contribution < -0.4 is 10.0 Å². The molecule has 0 radical (unpaired) electrons. The average molecular weight is 438 g/mol. The highest BCUT2D eigenvalue weighted by Crippen LogP contribution is 2.22. The largest absolute Gasteiger partial charge is 0.441 e. The lowest BCUT2D eigenvalue weighted by Gasteiger charge is -2.22. The number of amides is 1. The lowest BCUT2D eigenvalue weighted by Crippen LogP contribution is -2.47. The summed E-state index contributed by atoms with van der Waals surface area (Å²) in [5.41, 5.74) is 1.75. The summed E-state index contributed by atoms with van der Waals surface area (Å²) in [5.74, 6) is -0.186. The van der Waals surface area contributed by atoms with E-state index in [2.05, 4.69) is 15.0 Å². The van der Waals surface area contributed by atoms with E-state index in [4.69, 9.17) is 4.42 Å². The summed E-state index contributed by atoms with van der Waals surface area (Å²) in [4.78, 5) is 17.3. The summed E-state index contributed by atoms with van der Waals surface area (Å²) < 4.78 is 34.0. The fourth-order valence-corrected chi connectivity index (χ4v) is 4.78. The van der Waals surface area contributed by atoms with E-state index in [1.165, 1.54) is 0 Å². The van der Waals surface area contributed by atoms with Crippen LogP contribution in [0.5, 0.6) is 0 Å². The van der Waals surface area contributed by atoms with Gasteiger partial charge in [-0.2, -0.15) is 4.72 Å². The van der Waals surface area contributed by atoms with Crippen molar-refractivity contribution in [1.29, 1.82) is 0 Å². The summed E-state index contributed by atoms with van der Waals surface area (Å²) in [5, 5.41) is 4.54. The molecule has 0 spiro atoms. The average Bonchev–Trinajstić information content (AvgIpc) is 3.10. The number of hydrogen-bond acceptors (Lipinski definition) is 5. The number of rotatable bonds is 6. The van der Waals surface area contributed by atoms with E-state index in [0.29, 0.717) is 22.7 Å². The Kier molecular flexibility index (Phi) is 5.51. The Morgan fingerprint density at radius 1 is 1.00 bits per heavy atom. The van der Waals surface area contributed by atoms with Crippen molar-refractivity contribution in [1.82, 2.24) is 9.71 Å². The molecule has 0 saturated heterocycles. The Balaban J connectivity index is 1.57. The minimum Gasteiger partial charge on any atom is -0.441 e. The molecule has 160 valence electrons. The quantitative estimate of drug-likeness (QED) is 0.470. The van der Waals surface area contributed by atoms with Crippen molar-refractivity contribution >= 4 is 43.5 Å². The molecule has 0 aliphatic rings. The number of oxazole rings is 1. The van der Waals surface area contributed by atoms with Crippen LogP contribution >= 0.6 is 0 Å². The number of anilines is 1. The van der Waals surface area contributed by atoms with Crippen molar-refractivity contribution in [2.45, 2.75) is 31.7 Å². The van der Waals surface area contributed by atoms with Gasteiger partial charge in [-0.25, -0.2) is 13.4 Å². The number of sulfonamides is 1. The highest BCUT2D eigenvalue weighted by Gasteiger charge is 2.28. The molecular formula is C23H23N3O4S. The predicted octanol–water partition coefficient (Wildman–Crippen LogP) is 4.23. The molecule has 4 rings (SSSR count). The highest BCUT2D eigenvalue weighted by atomic mass is 32.2. The number of carbonyl (C=O) groups is 1.